The quantitative estimate of drug-likeness (QED) is 0.647. The molecule has 2 aromatic carbocycles. The second kappa shape index (κ2) is 9.59. The first-order valence-corrected chi connectivity index (χ1v) is 8.43. The van der Waals surface area contributed by atoms with Gasteiger partial charge in [0.25, 0.3) is 5.91 Å². The van der Waals surface area contributed by atoms with Crippen LogP contribution in [0, 0.1) is 6.92 Å². The van der Waals surface area contributed by atoms with Crippen LogP contribution in [0.15, 0.2) is 48.5 Å². The van der Waals surface area contributed by atoms with E-state index in [0.29, 0.717) is 37.1 Å². The zero-order valence-corrected chi connectivity index (χ0v) is 14.4. The van der Waals surface area contributed by atoms with Crippen molar-refractivity contribution in [3.63, 3.8) is 0 Å². The van der Waals surface area contributed by atoms with Crippen LogP contribution in [0.2, 0.25) is 0 Å². The minimum Gasteiger partial charge on any atom is -0.396 e. The molecule has 0 unspecified atom stereocenters. The molecule has 2 amide bonds. The maximum atomic E-state index is 12.0. The highest BCUT2D eigenvalue weighted by molar-refractivity contribution is 5.95. The molecule has 0 aliphatic carbocycles. The summed E-state index contributed by atoms with van der Waals surface area (Å²) in [5.41, 5.74) is 3.53. The van der Waals surface area contributed by atoms with Gasteiger partial charge in [-0.2, -0.15) is 0 Å². The van der Waals surface area contributed by atoms with Gasteiger partial charge in [-0.3, -0.25) is 9.59 Å². The first kappa shape index (κ1) is 18.7. The molecule has 25 heavy (non-hydrogen) atoms. The Morgan fingerprint density at radius 2 is 1.68 bits per heavy atom. The van der Waals surface area contributed by atoms with E-state index in [-0.39, 0.29) is 18.4 Å². The molecule has 0 saturated carbocycles. The molecule has 2 aromatic rings. The Morgan fingerprint density at radius 3 is 2.32 bits per heavy atom. The molecule has 5 nitrogen and oxygen atoms in total. The highest BCUT2D eigenvalue weighted by atomic mass is 16.3. The number of carbonyl (C=O) groups is 2. The molecular weight excluding hydrogens is 316 g/mol. The monoisotopic (exact) mass is 340 g/mol. The number of anilines is 1. The van der Waals surface area contributed by atoms with Crippen LogP contribution >= 0.6 is 0 Å². The molecule has 0 atom stereocenters. The first-order chi connectivity index (χ1) is 12.1. The van der Waals surface area contributed by atoms with E-state index in [1.54, 1.807) is 24.3 Å². The Labute approximate surface area is 148 Å². The lowest BCUT2D eigenvalue weighted by Gasteiger charge is -2.07. The van der Waals surface area contributed by atoms with Gasteiger partial charge >= 0.3 is 0 Å². The van der Waals surface area contributed by atoms with Gasteiger partial charge in [0.05, 0.1) is 0 Å². The average Bonchev–Trinajstić information content (AvgIpc) is 2.62. The number of carbonyl (C=O) groups excluding carboxylic acids is 2. The molecule has 0 spiro atoms. The topological polar surface area (TPSA) is 78.4 Å². The van der Waals surface area contributed by atoms with E-state index in [4.69, 9.17) is 5.11 Å². The summed E-state index contributed by atoms with van der Waals surface area (Å²) in [6.07, 6.45) is 1.63. The highest BCUT2D eigenvalue weighted by Gasteiger charge is 2.06. The maximum Gasteiger partial charge on any atom is 0.251 e. The highest BCUT2D eigenvalue weighted by Crippen LogP contribution is 2.11. The normalized spacial score (nSPS) is 10.3. The number of hydrogen-bond donors (Lipinski definition) is 3. The zero-order valence-electron chi connectivity index (χ0n) is 14.4. The van der Waals surface area contributed by atoms with Crippen molar-refractivity contribution < 1.29 is 14.7 Å². The average molecular weight is 340 g/mol. The molecule has 0 aromatic heterocycles. The SMILES string of the molecule is Cc1ccc(CCC(=O)Nc2ccc(C(=O)NCCCO)cc2)cc1. The van der Waals surface area contributed by atoms with Crippen molar-refractivity contribution in [1.29, 1.82) is 0 Å². The third-order valence-corrected chi connectivity index (χ3v) is 3.81. The summed E-state index contributed by atoms with van der Waals surface area (Å²) < 4.78 is 0. The molecule has 132 valence electrons. The van der Waals surface area contributed by atoms with Gasteiger partial charge in [0.2, 0.25) is 5.91 Å². The lowest BCUT2D eigenvalue weighted by atomic mass is 10.1. The minimum absolute atomic E-state index is 0.0494. The largest absolute Gasteiger partial charge is 0.396 e. The Hall–Kier alpha value is -2.66. The van der Waals surface area contributed by atoms with Crippen molar-refractivity contribution in [2.24, 2.45) is 0 Å². The van der Waals surface area contributed by atoms with Crippen LogP contribution in [0.25, 0.3) is 0 Å². The smallest absolute Gasteiger partial charge is 0.251 e. The van der Waals surface area contributed by atoms with Crippen molar-refractivity contribution in [3.05, 3.63) is 65.2 Å². The second-order valence-electron chi connectivity index (χ2n) is 5.94. The van der Waals surface area contributed by atoms with E-state index in [9.17, 15) is 9.59 Å². The Kier molecular flexibility index (Phi) is 7.16. The molecule has 0 heterocycles. The molecule has 2 rings (SSSR count). The lowest BCUT2D eigenvalue weighted by Crippen LogP contribution is -2.25. The van der Waals surface area contributed by atoms with Gasteiger partial charge in [-0.25, -0.2) is 0 Å². The van der Waals surface area contributed by atoms with Crippen molar-refractivity contribution >= 4 is 17.5 Å². The molecule has 0 radical (unpaired) electrons. The van der Waals surface area contributed by atoms with Gasteiger partial charge in [0.15, 0.2) is 0 Å². The Balaban J connectivity index is 1.80. The van der Waals surface area contributed by atoms with Crippen LogP contribution in [0.1, 0.15) is 34.3 Å². The number of aliphatic hydroxyl groups is 1. The van der Waals surface area contributed by atoms with Gasteiger partial charge in [-0.1, -0.05) is 29.8 Å². The molecule has 3 N–H and O–H groups in total. The van der Waals surface area contributed by atoms with Crippen molar-refractivity contribution in [2.45, 2.75) is 26.2 Å². The predicted molar refractivity (Wildman–Crippen MR) is 98.6 cm³/mol. The lowest BCUT2D eigenvalue weighted by molar-refractivity contribution is -0.116. The second-order valence-corrected chi connectivity index (χ2v) is 5.94. The first-order valence-electron chi connectivity index (χ1n) is 8.43. The summed E-state index contributed by atoms with van der Waals surface area (Å²) in [4.78, 5) is 23.9. The van der Waals surface area contributed by atoms with E-state index < -0.39 is 0 Å². The van der Waals surface area contributed by atoms with Gasteiger partial charge in [0.1, 0.15) is 0 Å². The van der Waals surface area contributed by atoms with Crippen LogP contribution in [0.4, 0.5) is 5.69 Å². The van der Waals surface area contributed by atoms with Crippen LogP contribution in [0.3, 0.4) is 0 Å². The fourth-order valence-electron chi connectivity index (χ4n) is 2.32. The Bertz CT molecular complexity index is 694. The number of amides is 2. The summed E-state index contributed by atoms with van der Waals surface area (Å²) in [6, 6.07) is 14.9. The van der Waals surface area contributed by atoms with Gasteiger partial charge in [0, 0.05) is 30.8 Å². The summed E-state index contributed by atoms with van der Waals surface area (Å²) >= 11 is 0. The summed E-state index contributed by atoms with van der Waals surface area (Å²) in [7, 11) is 0. The fraction of sp³-hybridized carbons (Fsp3) is 0.300. The molecule has 0 aliphatic rings. The van der Waals surface area contributed by atoms with Crippen LogP contribution < -0.4 is 10.6 Å². The number of nitrogens with one attached hydrogen (secondary N) is 2. The number of rotatable bonds is 8. The third kappa shape index (κ3) is 6.39. The molecule has 0 fully saturated rings. The van der Waals surface area contributed by atoms with E-state index in [0.717, 1.165) is 5.56 Å². The van der Waals surface area contributed by atoms with E-state index in [2.05, 4.69) is 10.6 Å². The molecule has 0 aliphatic heterocycles. The molecule has 5 heteroatoms. The number of aliphatic hydroxyl groups excluding tert-OH is 1. The molecule has 0 saturated heterocycles. The van der Waals surface area contributed by atoms with E-state index in [1.165, 1.54) is 5.56 Å². The van der Waals surface area contributed by atoms with Crippen LogP contribution in [0.5, 0.6) is 0 Å². The minimum atomic E-state index is -0.189. The van der Waals surface area contributed by atoms with E-state index >= 15 is 0 Å². The van der Waals surface area contributed by atoms with Crippen LogP contribution in [-0.4, -0.2) is 30.1 Å². The maximum absolute atomic E-state index is 12.0. The summed E-state index contributed by atoms with van der Waals surface area (Å²) in [5.74, 6) is -0.244. The van der Waals surface area contributed by atoms with E-state index in [1.807, 2.05) is 31.2 Å². The Morgan fingerprint density at radius 1 is 1.00 bits per heavy atom. The van der Waals surface area contributed by atoms with Crippen molar-refractivity contribution in [3.8, 4) is 0 Å². The predicted octanol–water partition coefficient (Wildman–Crippen LogP) is 2.68. The summed E-state index contributed by atoms with van der Waals surface area (Å²) in [6.45, 7) is 2.52. The number of hydrogen-bond acceptors (Lipinski definition) is 3. The van der Waals surface area contributed by atoms with Gasteiger partial charge < -0.3 is 15.7 Å². The number of benzene rings is 2. The number of aryl methyl sites for hydroxylation is 2. The van der Waals surface area contributed by atoms with Crippen LogP contribution in [-0.2, 0) is 11.2 Å². The van der Waals surface area contributed by atoms with Gasteiger partial charge in [-0.15, -0.1) is 0 Å². The summed E-state index contributed by atoms with van der Waals surface area (Å²) in [5, 5.41) is 14.3. The fourth-order valence-corrected chi connectivity index (χ4v) is 2.32. The standard InChI is InChI=1S/C20H24N2O3/c1-15-3-5-16(6-4-15)7-12-19(24)22-18-10-8-17(9-11-18)20(25)21-13-2-14-23/h3-6,8-11,23H,2,7,12-14H2,1H3,(H,21,25)(H,22,24). The molecule has 0 bridgehead atoms. The van der Waals surface area contributed by atoms with Crippen molar-refractivity contribution in [1.82, 2.24) is 5.32 Å². The van der Waals surface area contributed by atoms with Crippen molar-refractivity contribution in [2.75, 3.05) is 18.5 Å². The third-order valence-electron chi connectivity index (χ3n) is 3.81. The van der Waals surface area contributed by atoms with Gasteiger partial charge in [-0.05, 0) is 49.6 Å². The zero-order chi connectivity index (χ0) is 18.1. The molecular formula is C20H24N2O3.